The first-order valence-electron chi connectivity index (χ1n) is 29.0. The summed E-state index contributed by atoms with van der Waals surface area (Å²) in [6.07, 6.45) is 1.50. The maximum Gasteiger partial charge on any atom is 0.274 e. The minimum Gasteiger partial charge on any atom is -0.507 e. The van der Waals surface area contributed by atoms with Crippen molar-refractivity contribution in [3.63, 3.8) is 0 Å². The molecule has 0 aliphatic carbocycles. The van der Waals surface area contributed by atoms with Gasteiger partial charge in [-0.2, -0.15) is 10.2 Å². The molecule has 6 aromatic rings. The Morgan fingerprint density at radius 2 is 1.55 bits per heavy atom. The van der Waals surface area contributed by atoms with Crippen LogP contribution in [0.15, 0.2) is 91.5 Å². The predicted molar refractivity (Wildman–Crippen MR) is 336 cm³/mol. The fourth-order valence-corrected chi connectivity index (χ4v) is 11.7. The minimum absolute atomic E-state index is 0.00430. The van der Waals surface area contributed by atoms with Gasteiger partial charge in [0.25, 0.3) is 5.91 Å². The summed E-state index contributed by atoms with van der Waals surface area (Å²) in [4.78, 5) is 72.4. The van der Waals surface area contributed by atoms with Gasteiger partial charge in [-0.3, -0.25) is 24.0 Å². The number of aromatic hydroxyl groups is 1. The van der Waals surface area contributed by atoms with Crippen molar-refractivity contribution in [3.8, 4) is 28.7 Å². The second-order valence-corrected chi connectivity index (χ2v) is 23.9. The number of anilines is 3. The van der Waals surface area contributed by atoms with E-state index in [-0.39, 0.29) is 150 Å². The number of nitrogens with one attached hydrogen (secondary N) is 4. The number of fused-ring (bicyclic) bond motifs is 1. The minimum atomic E-state index is -1.85. The SMILES string of the molecule is C=CC(=O)N1CCN(c2nc(NCCC(=O)N(C)CCOCCOCCOCCONC(=O)c3ccc(NC(=O)[C@@H]4N[C@@H](CC(C)(C)C)[C@](C#N)(c5ccc(Cl)cc5F)[C@H]4c4cccc(Cl)c4F)c(OC)c3)nc3c(F)c(-c4c(O)cccc4F)c(Cl)cc23)CC1. The summed E-state index contributed by atoms with van der Waals surface area (Å²) in [5.41, 5.74) is -0.900. The van der Waals surface area contributed by atoms with Crippen molar-refractivity contribution in [1.82, 2.24) is 30.6 Å². The van der Waals surface area contributed by atoms with Gasteiger partial charge in [-0.15, -0.1) is 0 Å². The molecule has 27 heteroatoms. The molecule has 4 amide bonds. The van der Waals surface area contributed by atoms with E-state index in [2.05, 4.69) is 44.0 Å². The van der Waals surface area contributed by atoms with Gasteiger partial charge in [0, 0.05) is 91.8 Å². The van der Waals surface area contributed by atoms with E-state index in [0.717, 1.165) is 12.1 Å². The zero-order valence-electron chi connectivity index (χ0n) is 50.6. The molecular weight excluding hydrogens is 1250 g/mol. The first kappa shape index (κ1) is 69.0. The number of ether oxygens (including phenoxy) is 4. The van der Waals surface area contributed by atoms with Crippen LogP contribution in [0.1, 0.15) is 61.0 Å². The normalized spacial score (nSPS) is 17.4. The van der Waals surface area contributed by atoms with Crippen LogP contribution in [0.3, 0.4) is 0 Å². The number of carbonyl (C=O) groups excluding carboxylic acids is 4. The Hall–Kier alpha value is -7.86. The Morgan fingerprint density at radius 3 is 2.21 bits per heavy atom. The lowest BCUT2D eigenvalue weighted by molar-refractivity contribution is -0.130. The molecule has 2 fully saturated rings. The molecule has 91 heavy (non-hydrogen) atoms. The Labute approximate surface area is 538 Å². The van der Waals surface area contributed by atoms with E-state index >= 15 is 17.6 Å². The van der Waals surface area contributed by atoms with Gasteiger partial charge in [-0.25, -0.2) is 28.0 Å². The monoisotopic (exact) mass is 1320 g/mol. The van der Waals surface area contributed by atoms with E-state index < -0.39 is 75.2 Å². The van der Waals surface area contributed by atoms with Gasteiger partial charge < -0.3 is 54.7 Å². The van der Waals surface area contributed by atoms with Crippen molar-refractivity contribution in [1.29, 1.82) is 5.26 Å². The molecule has 0 bridgehead atoms. The van der Waals surface area contributed by atoms with Crippen LogP contribution >= 0.6 is 34.8 Å². The summed E-state index contributed by atoms with van der Waals surface area (Å²) in [5, 5.41) is 30.7. The van der Waals surface area contributed by atoms with Crippen molar-refractivity contribution in [2.45, 2.75) is 57.0 Å². The smallest absolute Gasteiger partial charge is 0.274 e. The number of aromatic nitrogens is 2. The number of carbonyl (C=O) groups is 4. The maximum atomic E-state index is 16.5. The highest BCUT2D eigenvalue weighted by Crippen LogP contribution is 2.53. The molecule has 3 heterocycles. The molecule has 0 spiro atoms. The van der Waals surface area contributed by atoms with E-state index in [0.29, 0.717) is 32.0 Å². The molecule has 1 aromatic heterocycles. The number of hydrogen-bond acceptors (Lipinski definition) is 16. The molecular formula is C64H69Cl3F4N10O10. The fraction of sp³-hybridized carbons (Fsp3) is 0.391. The molecule has 484 valence electrons. The van der Waals surface area contributed by atoms with Gasteiger partial charge in [-0.1, -0.05) is 86.4 Å². The quantitative estimate of drug-likeness (QED) is 0.0139. The lowest BCUT2D eigenvalue weighted by atomic mass is 9.62. The number of benzene rings is 5. The number of rotatable bonds is 27. The van der Waals surface area contributed by atoms with Gasteiger partial charge in [0.1, 0.15) is 45.7 Å². The number of phenolic OH excluding ortho intramolecular Hbond substituents is 1. The molecule has 2 aliphatic rings. The number of hydrogen-bond donors (Lipinski definition) is 5. The number of halogens is 7. The Balaban J connectivity index is 0.750. The largest absolute Gasteiger partial charge is 0.507 e. The van der Waals surface area contributed by atoms with Gasteiger partial charge in [0.15, 0.2) is 5.82 Å². The summed E-state index contributed by atoms with van der Waals surface area (Å²) >= 11 is 19.0. The zero-order chi connectivity index (χ0) is 65.7. The van der Waals surface area contributed by atoms with E-state index in [1.165, 1.54) is 84.8 Å². The number of nitrogens with zero attached hydrogens (tertiary/aromatic N) is 6. The lowest BCUT2D eigenvalue weighted by Gasteiger charge is -2.37. The zero-order valence-corrected chi connectivity index (χ0v) is 52.8. The highest BCUT2D eigenvalue weighted by atomic mass is 35.5. The second-order valence-electron chi connectivity index (χ2n) is 22.7. The number of methoxy groups -OCH3 is 1. The molecule has 0 radical (unpaired) electrons. The average Bonchev–Trinajstić information content (AvgIpc) is 1.62. The number of phenols is 1. The second kappa shape index (κ2) is 31.0. The highest BCUT2D eigenvalue weighted by Gasteiger charge is 2.61. The molecule has 20 nitrogen and oxygen atoms in total. The summed E-state index contributed by atoms with van der Waals surface area (Å²) in [6.45, 7) is 12.2. The van der Waals surface area contributed by atoms with Crippen LogP contribution in [0.4, 0.5) is 35.0 Å². The Bertz CT molecular complexity index is 3680. The number of hydroxylamine groups is 1. The van der Waals surface area contributed by atoms with Crippen molar-refractivity contribution < 1.29 is 65.6 Å². The molecule has 0 unspecified atom stereocenters. The molecule has 0 saturated carbocycles. The third kappa shape index (κ3) is 16.3. The average molecular weight is 1320 g/mol. The van der Waals surface area contributed by atoms with Crippen molar-refractivity contribution in [2.24, 2.45) is 5.41 Å². The third-order valence-corrected chi connectivity index (χ3v) is 16.3. The molecule has 2 saturated heterocycles. The van der Waals surface area contributed by atoms with Crippen LogP contribution < -0.4 is 31.1 Å². The summed E-state index contributed by atoms with van der Waals surface area (Å²) < 4.78 is 86.2. The molecule has 8 rings (SSSR count). The van der Waals surface area contributed by atoms with Crippen LogP contribution in [0.25, 0.3) is 22.0 Å². The summed E-state index contributed by atoms with van der Waals surface area (Å²) in [6, 6.07) is 17.4. The van der Waals surface area contributed by atoms with E-state index in [9.17, 15) is 29.5 Å². The standard InChI is InChI=1S/C64H69Cl3F4N10O10/c1-7-50(83)80-20-22-81(23-21-80)59-40-34-43(67)52(53-44(68)12-9-13-47(53)82)56(71)57(40)76-62(77-59)73-19-18-51(84)79(5)24-25-88-26-27-89-28-29-90-30-31-91-78-60(85)37-14-17-46(48(32-37)87-6)74-61(86)58-54(39-10-8-11-42(66)55(39)70)64(36-72,49(75-58)35-63(2,3)4)41-16-15-38(65)33-45(41)69/h7-17,32-34,49,54,58,75,82H,1,18-31,35H2,2-6H3,(H,74,86)(H,78,85)(H,73,76,77)/t49-,54-,58+,64-/m0/s1. The van der Waals surface area contributed by atoms with Crippen molar-refractivity contribution >= 4 is 86.8 Å². The predicted octanol–water partition coefficient (Wildman–Crippen LogP) is 9.99. The first-order valence-corrected chi connectivity index (χ1v) is 30.2. The van der Waals surface area contributed by atoms with Gasteiger partial charge in [0.2, 0.25) is 23.7 Å². The van der Waals surface area contributed by atoms with Crippen LogP contribution in [0.5, 0.6) is 11.5 Å². The van der Waals surface area contributed by atoms with Crippen LogP contribution in [0, 0.1) is 40.0 Å². The molecule has 2 aliphatic heterocycles. The van der Waals surface area contributed by atoms with E-state index in [1.807, 2.05) is 25.7 Å². The van der Waals surface area contributed by atoms with Gasteiger partial charge in [-0.05, 0) is 78.1 Å². The number of piperazine rings is 1. The summed E-state index contributed by atoms with van der Waals surface area (Å²) in [7, 11) is 2.95. The van der Waals surface area contributed by atoms with Crippen LogP contribution in [0.2, 0.25) is 15.1 Å². The highest BCUT2D eigenvalue weighted by molar-refractivity contribution is 6.34. The number of nitriles is 1. The summed E-state index contributed by atoms with van der Waals surface area (Å²) in [5.74, 6) is -6.85. The van der Waals surface area contributed by atoms with Crippen molar-refractivity contribution in [2.75, 3.05) is 115 Å². The number of likely N-dealkylation sites (N-methyl/N-ethyl adjacent to an activating group) is 1. The van der Waals surface area contributed by atoms with Gasteiger partial charge in [0.05, 0.1) is 86.8 Å². The Morgan fingerprint density at radius 1 is 0.857 bits per heavy atom. The van der Waals surface area contributed by atoms with E-state index in [1.54, 1.807) is 11.9 Å². The van der Waals surface area contributed by atoms with Crippen LogP contribution in [-0.4, -0.2) is 160 Å². The molecule has 5 N–H and O–H groups in total. The van der Waals surface area contributed by atoms with Crippen molar-refractivity contribution in [3.05, 3.63) is 147 Å². The third-order valence-electron chi connectivity index (χ3n) is 15.5. The fourth-order valence-electron chi connectivity index (χ4n) is 11.1. The van der Waals surface area contributed by atoms with E-state index in [4.69, 9.17) is 58.6 Å². The molecule has 5 aromatic carbocycles. The molecule has 4 atom stereocenters. The topological polar surface area (TPSA) is 242 Å². The Kier molecular flexibility index (Phi) is 23.5. The first-order chi connectivity index (χ1) is 43.5. The maximum absolute atomic E-state index is 16.5. The lowest BCUT2D eigenvalue weighted by Crippen LogP contribution is -2.48. The number of amides is 4. The van der Waals surface area contributed by atoms with Crippen LogP contribution in [-0.2, 0) is 38.8 Å². The van der Waals surface area contributed by atoms with Gasteiger partial charge >= 0.3 is 0 Å².